The lowest BCUT2D eigenvalue weighted by molar-refractivity contribution is -0.139. The van der Waals surface area contributed by atoms with Gasteiger partial charge in [-0.1, -0.05) is 23.8 Å². The minimum atomic E-state index is -0.461. The van der Waals surface area contributed by atoms with E-state index in [4.69, 9.17) is 36.3 Å². The summed E-state index contributed by atoms with van der Waals surface area (Å²) in [5, 5.41) is 1.13. The van der Waals surface area contributed by atoms with E-state index in [0.29, 0.717) is 51.0 Å². The van der Waals surface area contributed by atoms with Crippen molar-refractivity contribution >= 4 is 22.5 Å². The number of piperidine rings is 1. The van der Waals surface area contributed by atoms with Crippen LogP contribution >= 0.6 is 11.6 Å². The summed E-state index contributed by atoms with van der Waals surface area (Å²) < 4.78 is 23.4. The molecule has 4 rings (SSSR count). The van der Waals surface area contributed by atoms with Crippen LogP contribution in [0.4, 0.5) is 0 Å². The SMILES string of the molecule is CC=CC(/C=C(Cl)\C(N)=C/C)Oc1ncnc2cc(OCCCN3CCC4(CC3)COC4)c(OC)cc12. The van der Waals surface area contributed by atoms with Crippen molar-refractivity contribution in [2.75, 3.05) is 46.6 Å². The monoisotopic (exact) mass is 528 g/mol. The van der Waals surface area contributed by atoms with E-state index in [2.05, 4.69) is 14.9 Å². The summed E-state index contributed by atoms with van der Waals surface area (Å²) in [6, 6.07) is 3.72. The molecule has 0 saturated carbocycles. The van der Waals surface area contributed by atoms with E-state index >= 15 is 0 Å². The molecule has 2 aliphatic rings. The number of hydrogen-bond donors (Lipinski definition) is 1. The Morgan fingerprint density at radius 1 is 1.22 bits per heavy atom. The van der Waals surface area contributed by atoms with E-state index in [9.17, 15) is 0 Å². The van der Waals surface area contributed by atoms with Crippen LogP contribution in [0.5, 0.6) is 17.4 Å². The van der Waals surface area contributed by atoms with Gasteiger partial charge in [-0.25, -0.2) is 9.97 Å². The number of benzene rings is 1. The maximum absolute atomic E-state index is 6.32. The van der Waals surface area contributed by atoms with Crippen LogP contribution in [0.3, 0.4) is 0 Å². The number of fused-ring (bicyclic) bond motifs is 1. The van der Waals surface area contributed by atoms with E-state index in [1.54, 1.807) is 19.3 Å². The zero-order valence-electron chi connectivity index (χ0n) is 21.9. The first-order chi connectivity index (χ1) is 18.0. The van der Waals surface area contributed by atoms with Crippen molar-refractivity contribution in [1.29, 1.82) is 0 Å². The van der Waals surface area contributed by atoms with E-state index < -0.39 is 6.10 Å². The summed E-state index contributed by atoms with van der Waals surface area (Å²) in [6.45, 7) is 9.51. The molecule has 3 heterocycles. The lowest BCUT2D eigenvalue weighted by Crippen LogP contribution is -2.51. The molecule has 1 spiro atoms. The highest BCUT2D eigenvalue weighted by Gasteiger charge is 2.40. The lowest BCUT2D eigenvalue weighted by atomic mass is 9.77. The van der Waals surface area contributed by atoms with Crippen LogP contribution in [0.25, 0.3) is 10.9 Å². The molecule has 2 N–H and O–H groups in total. The second-order valence-electron chi connectivity index (χ2n) is 9.60. The third-order valence-corrected chi connectivity index (χ3v) is 7.37. The predicted molar refractivity (Wildman–Crippen MR) is 146 cm³/mol. The zero-order chi connectivity index (χ0) is 26.3. The number of ether oxygens (including phenoxy) is 4. The second kappa shape index (κ2) is 12.6. The molecule has 200 valence electrons. The predicted octanol–water partition coefficient (Wildman–Crippen LogP) is 4.83. The number of hydrogen-bond acceptors (Lipinski definition) is 8. The molecule has 2 fully saturated rings. The molecule has 2 aliphatic heterocycles. The number of halogens is 1. The molecular formula is C28H37ClN4O4. The van der Waals surface area contributed by atoms with Gasteiger partial charge in [0, 0.05) is 23.7 Å². The highest BCUT2D eigenvalue weighted by Crippen LogP contribution is 2.38. The Balaban J connectivity index is 1.41. The number of nitrogens with two attached hydrogens (primary N) is 1. The fourth-order valence-electron chi connectivity index (χ4n) is 4.63. The van der Waals surface area contributed by atoms with Crippen molar-refractivity contribution in [2.24, 2.45) is 11.1 Å². The fraction of sp³-hybridized carbons (Fsp3) is 0.500. The lowest BCUT2D eigenvalue weighted by Gasteiger charge is -2.47. The normalized spacial score (nSPS) is 19.2. The van der Waals surface area contributed by atoms with Crippen LogP contribution in [0.15, 0.2) is 53.5 Å². The first-order valence-corrected chi connectivity index (χ1v) is 13.2. The van der Waals surface area contributed by atoms with Crippen LogP contribution in [0.2, 0.25) is 0 Å². The molecule has 2 saturated heterocycles. The van der Waals surface area contributed by atoms with Gasteiger partial charge in [-0.3, -0.25) is 0 Å². The Labute approximate surface area is 224 Å². The number of methoxy groups -OCH3 is 1. The number of likely N-dealkylation sites (tertiary alicyclic amines) is 1. The van der Waals surface area contributed by atoms with E-state index in [0.717, 1.165) is 39.3 Å². The smallest absolute Gasteiger partial charge is 0.225 e. The van der Waals surface area contributed by atoms with Gasteiger partial charge in [0.15, 0.2) is 11.5 Å². The molecule has 8 nitrogen and oxygen atoms in total. The van der Waals surface area contributed by atoms with Crippen LogP contribution in [-0.2, 0) is 4.74 Å². The van der Waals surface area contributed by atoms with Gasteiger partial charge in [0.05, 0.1) is 42.9 Å². The van der Waals surface area contributed by atoms with E-state index in [1.165, 1.54) is 19.2 Å². The van der Waals surface area contributed by atoms with Gasteiger partial charge >= 0.3 is 0 Å². The largest absolute Gasteiger partial charge is 0.493 e. The van der Waals surface area contributed by atoms with Gasteiger partial charge in [-0.05, 0) is 64.4 Å². The molecule has 9 heteroatoms. The average molecular weight is 529 g/mol. The number of aromatic nitrogens is 2. The molecule has 37 heavy (non-hydrogen) atoms. The van der Waals surface area contributed by atoms with Gasteiger partial charge in [-0.2, -0.15) is 0 Å². The first-order valence-electron chi connectivity index (χ1n) is 12.8. The number of allylic oxidation sites excluding steroid dienone is 3. The Kier molecular flexibility index (Phi) is 9.29. The summed E-state index contributed by atoms with van der Waals surface area (Å²) in [5.74, 6) is 1.67. The third-order valence-electron chi connectivity index (χ3n) is 7.02. The highest BCUT2D eigenvalue weighted by atomic mass is 35.5. The summed E-state index contributed by atoms with van der Waals surface area (Å²) in [6.07, 6.45) is 11.7. The molecule has 1 atom stereocenters. The van der Waals surface area contributed by atoms with Crippen LogP contribution in [0.1, 0.15) is 33.1 Å². The third kappa shape index (κ3) is 6.74. The van der Waals surface area contributed by atoms with Gasteiger partial charge in [0.2, 0.25) is 5.88 Å². The van der Waals surface area contributed by atoms with Crippen molar-refractivity contribution in [3.63, 3.8) is 0 Å². The Morgan fingerprint density at radius 2 is 2.00 bits per heavy atom. The summed E-state index contributed by atoms with van der Waals surface area (Å²) in [4.78, 5) is 11.3. The molecule has 1 aromatic carbocycles. The zero-order valence-corrected chi connectivity index (χ0v) is 22.7. The Morgan fingerprint density at radius 3 is 2.65 bits per heavy atom. The minimum Gasteiger partial charge on any atom is -0.493 e. The second-order valence-corrected chi connectivity index (χ2v) is 10.0. The van der Waals surface area contributed by atoms with Gasteiger partial charge in [0.25, 0.3) is 0 Å². The summed E-state index contributed by atoms with van der Waals surface area (Å²) >= 11 is 6.32. The van der Waals surface area contributed by atoms with Crippen LogP contribution < -0.4 is 19.9 Å². The molecule has 1 unspecified atom stereocenters. The van der Waals surface area contributed by atoms with Crippen LogP contribution in [-0.4, -0.2) is 67.5 Å². The topological polar surface area (TPSA) is 92.0 Å². The maximum Gasteiger partial charge on any atom is 0.225 e. The Hall–Kier alpha value is -2.81. The van der Waals surface area contributed by atoms with E-state index in [-0.39, 0.29) is 0 Å². The number of rotatable bonds is 11. The van der Waals surface area contributed by atoms with Gasteiger partial charge in [0.1, 0.15) is 12.4 Å². The summed E-state index contributed by atoms with van der Waals surface area (Å²) in [7, 11) is 1.62. The molecule has 0 bridgehead atoms. The molecule has 2 aromatic rings. The molecule has 0 radical (unpaired) electrons. The van der Waals surface area contributed by atoms with Gasteiger partial charge < -0.3 is 29.6 Å². The number of nitrogens with zero attached hydrogens (tertiary/aromatic N) is 3. The van der Waals surface area contributed by atoms with Gasteiger partial charge in [-0.15, -0.1) is 0 Å². The standard InChI is InChI=1S/C28H37ClN4O4/c1-4-7-20(14-22(29)23(30)5-2)37-27-21-15-25(34-3)26(16-24(21)31-19-32-27)36-13-6-10-33-11-8-28(9-12-33)17-35-18-28/h4-5,7,14-16,19-20H,6,8-13,17-18,30H2,1-3H3/b7-4?,22-14+,23-5+. The van der Waals surface area contributed by atoms with Crippen molar-refractivity contribution in [3.8, 4) is 17.4 Å². The molecular weight excluding hydrogens is 492 g/mol. The fourth-order valence-corrected chi connectivity index (χ4v) is 4.87. The molecule has 0 amide bonds. The highest BCUT2D eigenvalue weighted by molar-refractivity contribution is 6.31. The van der Waals surface area contributed by atoms with Crippen molar-refractivity contribution in [2.45, 2.75) is 39.2 Å². The maximum atomic E-state index is 6.32. The van der Waals surface area contributed by atoms with E-state index in [1.807, 2.05) is 38.1 Å². The molecule has 1 aromatic heterocycles. The van der Waals surface area contributed by atoms with Crippen LogP contribution in [0, 0.1) is 5.41 Å². The quantitative estimate of drug-likeness (QED) is 0.252. The Bertz CT molecular complexity index is 1150. The van der Waals surface area contributed by atoms with Crippen molar-refractivity contribution < 1.29 is 18.9 Å². The minimum absolute atomic E-state index is 0.414. The summed E-state index contributed by atoms with van der Waals surface area (Å²) in [5.41, 5.74) is 7.57. The average Bonchev–Trinajstić information content (AvgIpc) is 2.89. The van der Waals surface area contributed by atoms with Crippen molar-refractivity contribution in [1.82, 2.24) is 14.9 Å². The van der Waals surface area contributed by atoms with Crippen molar-refractivity contribution in [3.05, 3.63) is 53.5 Å². The first kappa shape index (κ1) is 27.2. The molecule has 0 aliphatic carbocycles.